The van der Waals surface area contributed by atoms with E-state index < -0.39 is 5.54 Å². The molecule has 1 aliphatic carbocycles. The van der Waals surface area contributed by atoms with Gasteiger partial charge in [-0.3, -0.25) is 4.99 Å². The van der Waals surface area contributed by atoms with Crippen molar-refractivity contribution in [1.29, 1.82) is 0 Å². The second-order valence-corrected chi connectivity index (χ2v) is 10.4. The predicted molar refractivity (Wildman–Crippen MR) is 132 cm³/mol. The van der Waals surface area contributed by atoms with Crippen LogP contribution in [0.3, 0.4) is 0 Å². The number of amides is 2. The number of carbonyl (C=O) groups excluding carboxylic acids is 1. The monoisotopic (exact) mass is 478 g/mol. The van der Waals surface area contributed by atoms with E-state index in [9.17, 15) is 4.79 Å². The summed E-state index contributed by atoms with van der Waals surface area (Å²) in [6, 6.07) is 12.5. The molecule has 1 fully saturated rings. The van der Waals surface area contributed by atoms with Crippen LogP contribution in [-0.2, 0) is 0 Å². The van der Waals surface area contributed by atoms with Crippen LogP contribution in [0.4, 0.5) is 10.6 Å². The van der Waals surface area contributed by atoms with Gasteiger partial charge in [-0.25, -0.2) is 9.78 Å². The zero-order valence-electron chi connectivity index (χ0n) is 18.3. The molecule has 2 N–H and O–H groups in total. The summed E-state index contributed by atoms with van der Waals surface area (Å²) in [7, 11) is 0. The molecule has 33 heavy (non-hydrogen) atoms. The summed E-state index contributed by atoms with van der Waals surface area (Å²) < 4.78 is 0.934. The molecule has 3 aliphatic rings. The summed E-state index contributed by atoms with van der Waals surface area (Å²) in [6.07, 6.45) is 0.983. The number of urea groups is 1. The van der Waals surface area contributed by atoms with Crippen LogP contribution in [0.1, 0.15) is 31.7 Å². The van der Waals surface area contributed by atoms with Gasteiger partial charge in [-0.1, -0.05) is 30.3 Å². The number of aromatic nitrogens is 2. The molecule has 2 unspecified atom stereocenters. The maximum atomic E-state index is 13.3. The summed E-state index contributed by atoms with van der Waals surface area (Å²) in [6.45, 7) is 5.26. The van der Waals surface area contributed by atoms with E-state index in [-0.39, 0.29) is 17.4 Å². The Bertz CT molecular complexity index is 1330. The Morgan fingerprint density at radius 2 is 2.03 bits per heavy atom. The van der Waals surface area contributed by atoms with E-state index in [4.69, 9.17) is 16.6 Å². The van der Waals surface area contributed by atoms with Gasteiger partial charge in [0.2, 0.25) is 5.28 Å². The van der Waals surface area contributed by atoms with Gasteiger partial charge in [0.15, 0.2) is 5.82 Å². The molecule has 4 heterocycles. The normalized spacial score (nSPS) is 23.0. The minimum absolute atomic E-state index is 0.0251. The van der Waals surface area contributed by atoms with Crippen LogP contribution in [0.25, 0.3) is 10.2 Å². The van der Waals surface area contributed by atoms with Crippen LogP contribution < -0.4 is 10.6 Å². The van der Waals surface area contributed by atoms with E-state index in [2.05, 4.69) is 46.6 Å². The maximum Gasteiger partial charge on any atom is 0.318 e. The molecule has 7 nitrogen and oxygen atoms in total. The standard InChI is InChI=1S/C24H23ClN6OS/c1-24(2)16-11-26-20(29-21-19-17(8-9-33-19)27-22(25)30-21)15(16)12-31(24)23(32)28-18-10-14(18)13-6-4-3-5-7-13/h3-9,14,18H,10-12H2,1-2H3,(H,28,32)(H,26,27,29,30). The third-order valence-corrected chi connectivity index (χ3v) is 7.94. The van der Waals surface area contributed by atoms with Gasteiger partial charge in [0.25, 0.3) is 0 Å². The van der Waals surface area contributed by atoms with Crippen molar-refractivity contribution < 1.29 is 4.79 Å². The predicted octanol–water partition coefficient (Wildman–Crippen LogP) is 4.83. The molecule has 0 radical (unpaired) electrons. The Balaban J connectivity index is 1.18. The molecular formula is C24H23ClN6OS. The Hall–Kier alpha value is -2.97. The van der Waals surface area contributed by atoms with Crippen molar-refractivity contribution in [2.75, 3.05) is 18.4 Å². The van der Waals surface area contributed by atoms with E-state index in [1.165, 1.54) is 5.56 Å². The molecule has 0 saturated heterocycles. The van der Waals surface area contributed by atoms with E-state index in [0.717, 1.165) is 33.6 Å². The summed E-state index contributed by atoms with van der Waals surface area (Å²) >= 11 is 7.68. The maximum absolute atomic E-state index is 13.3. The lowest BCUT2D eigenvalue weighted by molar-refractivity contribution is 0.170. The number of anilines is 1. The Morgan fingerprint density at radius 3 is 2.85 bits per heavy atom. The van der Waals surface area contributed by atoms with Crippen molar-refractivity contribution >= 4 is 50.8 Å². The van der Waals surface area contributed by atoms with Gasteiger partial charge >= 0.3 is 6.03 Å². The van der Waals surface area contributed by atoms with Crippen LogP contribution in [0.2, 0.25) is 5.28 Å². The average molecular weight is 479 g/mol. The lowest BCUT2D eigenvalue weighted by Crippen LogP contribution is -2.51. The minimum atomic E-state index is -0.412. The summed E-state index contributed by atoms with van der Waals surface area (Å²) in [5.41, 5.74) is 3.90. The first-order valence-corrected chi connectivity index (χ1v) is 12.3. The van der Waals surface area contributed by atoms with E-state index in [1.807, 2.05) is 34.5 Å². The first kappa shape index (κ1) is 20.6. The highest BCUT2D eigenvalue weighted by atomic mass is 35.5. The van der Waals surface area contributed by atoms with E-state index in [1.54, 1.807) is 11.3 Å². The number of carbonyl (C=O) groups is 1. The molecule has 9 heteroatoms. The molecule has 2 aliphatic heterocycles. The molecule has 0 bridgehead atoms. The van der Waals surface area contributed by atoms with E-state index in [0.29, 0.717) is 24.8 Å². The van der Waals surface area contributed by atoms with Gasteiger partial charge in [-0.2, -0.15) is 4.98 Å². The molecule has 6 rings (SSSR count). The van der Waals surface area contributed by atoms with Crippen molar-refractivity contribution in [2.24, 2.45) is 4.99 Å². The fourth-order valence-corrected chi connectivity index (χ4v) is 5.83. The van der Waals surface area contributed by atoms with Gasteiger partial charge in [-0.05, 0) is 54.5 Å². The minimum Gasteiger partial charge on any atom is -0.335 e. The second-order valence-electron chi connectivity index (χ2n) is 9.18. The molecule has 3 aromatic rings. The Kier molecular flexibility index (Phi) is 4.71. The van der Waals surface area contributed by atoms with Crippen LogP contribution in [-0.4, -0.2) is 51.4 Å². The summed E-state index contributed by atoms with van der Waals surface area (Å²) in [4.78, 5) is 28.6. The highest BCUT2D eigenvalue weighted by molar-refractivity contribution is 7.17. The number of rotatable bonds is 3. The number of aliphatic imine (C=N–C) groups is 1. The summed E-state index contributed by atoms with van der Waals surface area (Å²) in [5, 5.41) is 8.78. The zero-order chi connectivity index (χ0) is 22.7. The summed E-state index contributed by atoms with van der Waals surface area (Å²) in [5.74, 6) is 1.80. The SMILES string of the molecule is CC1(C)C2=C(CN1C(=O)NC1CC1c1ccccc1)C(Nc1nc(Cl)nc3ccsc13)=NC2. The van der Waals surface area contributed by atoms with Crippen molar-refractivity contribution in [3.8, 4) is 0 Å². The highest BCUT2D eigenvalue weighted by Crippen LogP contribution is 2.42. The van der Waals surface area contributed by atoms with Crippen LogP contribution in [0.5, 0.6) is 0 Å². The lowest BCUT2D eigenvalue weighted by atomic mass is 9.94. The van der Waals surface area contributed by atoms with Crippen molar-refractivity contribution in [3.05, 3.63) is 63.8 Å². The second kappa shape index (κ2) is 7.53. The molecule has 0 spiro atoms. The Morgan fingerprint density at radius 1 is 1.21 bits per heavy atom. The van der Waals surface area contributed by atoms with Crippen molar-refractivity contribution in [2.45, 2.75) is 37.8 Å². The third-order valence-electron chi connectivity index (χ3n) is 6.86. The first-order valence-electron chi connectivity index (χ1n) is 11.0. The van der Waals surface area contributed by atoms with Gasteiger partial charge in [-0.15, -0.1) is 11.3 Å². The van der Waals surface area contributed by atoms with Gasteiger partial charge < -0.3 is 15.5 Å². The number of nitrogens with one attached hydrogen (secondary N) is 2. The van der Waals surface area contributed by atoms with Crippen LogP contribution in [0, 0.1) is 0 Å². The van der Waals surface area contributed by atoms with Crippen molar-refractivity contribution in [3.63, 3.8) is 0 Å². The smallest absolute Gasteiger partial charge is 0.318 e. The molecule has 1 aromatic carbocycles. The topological polar surface area (TPSA) is 82.5 Å². The molecule has 1 saturated carbocycles. The molecular weight excluding hydrogens is 456 g/mol. The average Bonchev–Trinajstić information content (AvgIpc) is 3.09. The van der Waals surface area contributed by atoms with Gasteiger partial charge in [0.05, 0.1) is 28.8 Å². The number of hydrogen-bond acceptors (Lipinski definition) is 6. The van der Waals surface area contributed by atoms with Crippen LogP contribution >= 0.6 is 22.9 Å². The van der Waals surface area contributed by atoms with E-state index >= 15 is 0 Å². The van der Waals surface area contributed by atoms with Crippen molar-refractivity contribution in [1.82, 2.24) is 20.2 Å². The highest BCUT2D eigenvalue weighted by Gasteiger charge is 2.47. The lowest BCUT2D eigenvalue weighted by Gasteiger charge is -2.34. The number of halogens is 1. The zero-order valence-corrected chi connectivity index (χ0v) is 19.9. The molecule has 2 aromatic heterocycles. The quantitative estimate of drug-likeness (QED) is 0.528. The third kappa shape index (κ3) is 3.48. The first-order chi connectivity index (χ1) is 15.9. The number of fused-ring (bicyclic) bond motifs is 1. The number of amidine groups is 1. The van der Waals surface area contributed by atoms with Gasteiger partial charge in [0.1, 0.15) is 5.84 Å². The molecule has 168 valence electrons. The number of nitrogens with zero attached hydrogens (tertiary/aromatic N) is 4. The number of hydrogen-bond donors (Lipinski definition) is 2. The molecule has 2 amide bonds. The van der Waals surface area contributed by atoms with Gasteiger partial charge in [0, 0.05) is 17.5 Å². The fourth-order valence-electron chi connectivity index (χ4n) is 4.88. The Labute approximate surface area is 200 Å². The molecule has 2 atom stereocenters. The van der Waals surface area contributed by atoms with Crippen LogP contribution in [0.15, 0.2) is 57.9 Å². The number of benzene rings is 1. The fraction of sp³-hybridized carbons (Fsp3) is 0.333. The largest absolute Gasteiger partial charge is 0.335 e. The number of thiophene rings is 1.